The molecule has 13 aromatic carbocycles. The molecule has 0 amide bonds. The van der Waals surface area contributed by atoms with E-state index in [2.05, 4.69) is 252 Å². The number of para-hydroxylation sites is 1. The average Bonchev–Trinajstić information content (AvgIpc) is 3.75. The third-order valence-corrected chi connectivity index (χ3v) is 14.7. The molecule has 2 heterocycles. The minimum atomic E-state index is 0.825. The molecule has 0 atom stereocenters. The molecule has 0 fully saturated rings. The Hall–Kier alpha value is -9.18. The Morgan fingerprint density at radius 3 is 1.64 bits per heavy atom. The lowest BCUT2D eigenvalue weighted by molar-refractivity contribution is 0.483. The fraction of sp³-hybridized carbons (Fsp3) is 0. The van der Waals surface area contributed by atoms with Gasteiger partial charge < -0.3 is 14.2 Å². The molecule has 0 saturated carbocycles. The van der Waals surface area contributed by atoms with Gasteiger partial charge in [0.15, 0.2) is 11.5 Å². The Morgan fingerprint density at radius 1 is 0.275 bits per heavy atom. The highest BCUT2D eigenvalue weighted by Crippen LogP contribution is 2.55. The van der Waals surface area contributed by atoms with E-state index in [9.17, 15) is 0 Å². The van der Waals surface area contributed by atoms with Gasteiger partial charge in [-0.05, 0) is 131 Å². The number of fused-ring (bicyclic) bond motifs is 15. The van der Waals surface area contributed by atoms with Gasteiger partial charge in [-0.2, -0.15) is 0 Å². The molecule has 0 saturated heterocycles. The van der Waals surface area contributed by atoms with E-state index < -0.39 is 0 Å². The zero-order valence-electron chi connectivity index (χ0n) is 37.4. The molecule has 3 heteroatoms. The molecule has 0 bridgehead atoms. The Bertz CT molecular complexity index is 4450. The summed E-state index contributed by atoms with van der Waals surface area (Å²) in [4.78, 5) is 2.40. The van der Waals surface area contributed by atoms with E-state index in [0.717, 1.165) is 61.7 Å². The highest BCUT2D eigenvalue weighted by Gasteiger charge is 2.29. The van der Waals surface area contributed by atoms with Gasteiger partial charge in [-0.1, -0.05) is 188 Å². The van der Waals surface area contributed by atoms with Gasteiger partial charge in [0.1, 0.15) is 0 Å². The molecular weight excluding hydrogens is 837 g/mol. The maximum absolute atomic E-state index is 6.92. The molecule has 14 aromatic rings. The van der Waals surface area contributed by atoms with Crippen LogP contribution in [0, 0.1) is 0 Å². The van der Waals surface area contributed by atoms with Crippen LogP contribution in [0.2, 0.25) is 0 Å². The van der Waals surface area contributed by atoms with E-state index in [-0.39, 0.29) is 0 Å². The average molecular weight is 877 g/mol. The molecule has 0 aliphatic carbocycles. The van der Waals surface area contributed by atoms with Crippen LogP contribution in [0.15, 0.2) is 243 Å². The van der Waals surface area contributed by atoms with Crippen LogP contribution >= 0.6 is 0 Å². The summed E-state index contributed by atoms with van der Waals surface area (Å²) in [5.74, 6) is 1.69. The first-order valence-corrected chi connectivity index (χ1v) is 23.7. The van der Waals surface area contributed by atoms with Crippen molar-refractivity contribution in [3.05, 3.63) is 243 Å². The molecular formula is C66H40N2O. The molecule has 15 rings (SSSR count). The van der Waals surface area contributed by atoms with E-state index >= 15 is 0 Å². The zero-order chi connectivity index (χ0) is 45.2. The van der Waals surface area contributed by atoms with Crippen LogP contribution in [0.25, 0.3) is 114 Å². The topological polar surface area (TPSA) is 17.4 Å². The molecule has 1 aliphatic heterocycles. The number of rotatable bonds is 4. The largest absolute Gasteiger partial charge is 0.452 e. The normalized spacial score (nSPS) is 12.4. The lowest BCUT2D eigenvalue weighted by Crippen LogP contribution is -2.16. The molecule has 0 spiro atoms. The fourth-order valence-corrected chi connectivity index (χ4v) is 11.5. The van der Waals surface area contributed by atoms with Crippen molar-refractivity contribution in [1.82, 2.24) is 4.57 Å². The van der Waals surface area contributed by atoms with Crippen molar-refractivity contribution < 1.29 is 4.74 Å². The Balaban J connectivity index is 0.906. The molecule has 1 aliphatic rings. The summed E-state index contributed by atoms with van der Waals surface area (Å²) in [5, 5.41) is 17.1. The quantitative estimate of drug-likeness (QED) is 0.164. The van der Waals surface area contributed by atoms with Crippen LogP contribution in [0.5, 0.6) is 11.5 Å². The lowest BCUT2D eigenvalue weighted by Gasteiger charge is -2.34. The molecule has 0 unspecified atom stereocenters. The summed E-state index contributed by atoms with van der Waals surface area (Å²) in [6, 6.07) is 88.9. The first-order valence-electron chi connectivity index (χ1n) is 23.7. The van der Waals surface area contributed by atoms with Crippen molar-refractivity contribution >= 4 is 104 Å². The van der Waals surface area contributed by atoms with Crippen molar-refractivity contribution in [3.63, 3.8) is 0 Å². The molecule has 320 valence electrons. The second kappa shape index (κ2) is 14.7. The van der Waals surface area contributed by atoms with E-state index in [4.69, 9.17) is 4.74 Å². The van der Waals surface area contributed by atoms with Gasteiger partial charge in [0.25, 0.3) is 0 Å². The summed E-state index contributed by atoms with van der Waals surface area (Å²) in [6.45, 7) is 0. The Kier molecular flexibility index (Phi) is 8.07. The Morgan fingerprint density at radius 2 is 0.826 bits per heavy atom. The van der Waals surface area contributed by atoms with Gasteiger partial charge in [-0.15, -0.1) is 0 Å². The monoisotopic (exact) mass is 876 g/mol. The molecule has 69 heavy (non-hydrogen) atoms. The van der Waals surface area contributed by atoms with Crippen molar-refractivity contribution in [2.45, 2.75) is 0 Å². The summed E-state index contributed by atoms with van der Waals surface area (Å²) in [7, 11) is 0. The minimum absolute atomic E-state index is 0.825. The van der Waals surface area contributed by atoms with Crippen molar-refractivity contribution in [3.8, 4) is 39.4 Å². The number of aromatic nitrogens is 1. The number of benzene rings is 13. The first kappa shape index (κ1) is 38.0. The minimum Gasteiger partial charge on any atom is -0.452 e. The number of nitrogens with zero attached hydrogens (tertiary/aromatic N) is 2. The van der Waals surface area contributed by atoms with Gasteiger partial charge >= 0.3 is 0 Å². The fourth-order valence-electron chi connectivity index (χ4n) is 11.5. The predicted octanol–water partition coefficient (Wildman–Crippen LogP) is 18.6. The summed E-state index contributed by atoms with van der Waals surface area (Å²) < 4.78 is 9.38. The highest BCUT2D eigenvalue weighted by atomic mass is 16.5. The van der Waals surface area contributed by atoms with E-state index in [1.165, 1.54) is 81.3 Å². The van der Waals surface area contributed by atoms with Crippen LogP contribution in [0.1, 0.15) is 0 Å². The maximum atomic E-state index is 6.92. The van der Waals surface area contributed by atoms with Crippen LogP contribution in [0.4, 0.5) is 17.1 Å². The second-order valence-corrected chi connectivity index (χ2v) is 18.4. The third kappa shape index (κ3) is 5.68. The number of ether oxygens (including phenoxy) is 1. The first-order chi connectivity index (χ1) is 34.2. The predicted molar refractivity (Wildman–Crippen MR) is 291 cm³/mol. The summed E-state index contributed by atoms with van der Waals surface area (Å²) in [5.41, 5.74) is 11.3. The van der Waals surface area contributed by atoms with E-state index in [1.54, 1.807) is 0 Å². The third-order valence-electron chi connectivity index (χ3n) is 14.7. The van der Waals surface area contributed by atoms with Crippen molar-refractivity contribution in [2.75, 3.05) is 4.90 Å². The summed E-state index contributed by atoms with van der Waals surface area (Å²) in [6.07, 6.45) is 0. The molecule has 0 radical (unpaired) electrons. The SMILES string of the molecule is c1ccc2c(-c3ccc4c5ccc(-n6c7ccccc7c7ccc(-c8ccc9c(c8)N(c8cccc%10ccccc8%10)c8ccc%10ccccc%10c8O9)cc76)cc5c5ccccc5c4c3)cccc2c1. The van der Waals surface area contributed by atoms with Crippen LogP contribution in [-0.2, 0) is 0 Å². The number of anilines is 3. The Labute approximate surface area is 397 Å². The van der Waals surface area contributed by atoms with E-state index in [1.807, 2.05) is 0 Å². The lowest BCUT2D eigenvalue weighted by atomic mass is 9.90. The van der Waals surface area contributed by atoms with Gasteiger partial charge in [-0.3, -0.25) is 0 Å². The van der Waals surface area contributed by atoms with Gasteiger partial charge in [0.2, 0.25) is 0 Å². The van der Waals surface area contributed by atoms with Gasteiger partial charge in [0, 0.05) is 27.2 Å². The molecule has 1 aromatic heterocycles. The number of hydrogen-bond acceptors (Lipinski definition) is 2. The summed E-state index contributed by atoms with van der Waals surface area (Å²) >= 11 is 0. The van der Waals surface area contributed by atoms with Crippen LogP contribution < -0.4 is 9.64 Å². The van der Waals surface area contributed by atoms with Crippen LogP contribution in [-0.4, -0.2) is 4.57 Å². The second-order valence-electron chi connectivity index (χ2n) is 18.4. The highest BCUT2D eigenvalue weighted by molar-refractivity contribution is 6.26. The van der Waals surface area contributed by atoms with Crippen LogP contribution in [0.3, 0.4) is 0 Å². The van der Waals surface area contributed by atoms with E-state index in [0.29, 0.717) is 0 Å². The number of hydrogen-bond donors (Lipinski definition) is 0. The zero-order valence-corrected chi connectivity index (χ0v) is 37.4. The smallest absolute Gasteiger partial charge is 0.159 e. The standard InChI is InChI=1S/C66H40N2O/c1-4-18-48-41(13-1)16-11-24-49(48)46-28-32-54-55-34-31-47(40-59(55)53-22-8-7-21-52(53)58(54)37-46)67-61-25-10-9-23-56(61)57-33-27-44(38-63(57)67)45-30-36-65-64(39-45)68(60-26-12-17-42-14-2-5-19-50(42)60)62-35-29-43-15-3-6-20-51(43)66(62)69-65/h1-40H. The maximum Gasteiger partial charge on any atom is 0.159 e. The van der Waals surface area contributed by atoms with Crippen molar-refractivity contribution in [1.29, 1.82) is 0 Å². The molecule has 0 N–H and O–H groups in total. The van der Waals surface area contributed by atoms with Gasteiger partial charge in [0.05, 0.1) is 28.1 Å². The molecule has 3 nitrogen and oxygen atoms in total. The van der Waals surface area contributed by atoms with Gasteiger partial charge in [-0.25, -0.2) is 0 Å². The van der Waals surface area contributed by atoms with Crippen molar-refractivity contribution in [2.24, 2.45) is 0 Å².